The summed E-state index contributed by atoms with van der Waals surface area (Å²) in [5.41, 5.74) is -1.30. The molecule has 2 rings (SSSR count). The molecule has 2 heterocycles. The second-order valence-corrected chi connectivity index (χ2v) is 4.95. The predicted molar refractivity (Wildman–Crippen MR) is 76.3 cm³/mol. The molecule has 1 aliphatic heterocycles. The monoisotopic (exact) mass is 402 g/mol. The zero-order valence-electron chi connectivity index (χ0n) is 10.1. The molecule has 0 bridgehead atoms. The fraction of sp³-hybridized carbons (Fsp3) is 0.455. The second-order valence-electron chi connectivity index (χ2n) is 4.23. The van der Waals surface area contributed by atoms with E-state index in [9.17, 15) is 19.1 Å². The van der Waals surface area contributed by atoms with Crippen LogP contribution in [0.3, 0.4) is 0 Å². The summed E-state index contributed by atoms with van der Waals surface area (Å²) in [6.45, 7) is -0.573. The largest absolute Gasteiger partial charge is 0.394 e. The van der Waals surface area contributed by atoms with Gasteiger partial charge in [0.2, 0.25) is 0 Å². The molecule has 1 aromatic heterocycles. The first-order chi connectivity index (χ1) is 9.49. The molecule has 20 heavy (non-hydrogen) atoms. The van der Waals surface area contributed by atoms with Gasteiger partial charge in [-0.1, -0.05) is 22.6 Å². The van der Waals surface area contributed by atoms with Crippen LogP contribution in [0.25, 0.3) is 6.08 Å². The summed E-state index contributed by atoms with van der Waals surface area (Å²) in [5, 5.41) is 18.5. The van der Waals surface area contributed by atoms with E-state index in [1.165, 1.54) is 6.08 Å². The van der Waals surface area contributed by atoms with E-state index in [0.717, 1.165) is 10.8 Å². The van der Waals surface area contributed by atoms with Crippen molar-refractivity contribution >= 4 is 28.7 Å². The summed E-state index contributed by atoms with van der Waals surface area (Å²) in [5.74, 6) is 0. The maximum Gasteiger partial charge on any atom is 0.330 e. The lowest BCUT2D eigenvalue weighted by atomic mass is 10.1. The molecular formula is C11H12FIN2O5. The average Bonchev–Trinajstić information content (AvgIpc) is 2.70. The highest BCUT2D eigenvalue weighted by atomic mass is 131. The van der Waals surface area contributed by atoms with Gasteiger partial charge in [0.1, 0.15) is 12.2 Å². The Hall–Kier alpha value is -1.04. The number of alkyl halides is 1. The SMILES string of the molecule is O=c1[nH]c(=O)n(C2OC(CO)C(O)C2F)cc1/C=C/[131I]. The smallest absolute Gasteiger partial charge is 0.330 e. The number of aromatic amines is 1. The normalized spacial score (nSPS) is 30.2. The lowest BCUT2D eigenvalue weighted by Gasteiger charge is -2.16. The minimum Gasteiger partial charge on any atom is -0.394 e. The minimum atomic E-state index is -1.88. The van der Waals surface area contributed by atoms with Crippen LogP contribution in [-0.2, 0) is 4.74 Å². The van der Waals surface area contributed by atoms with Gasteiger partial charge >= 0.3 is 5.69 Å². The van der Waals surface area contributed by atoms with Crippen molar-refractivity contribution < 1.29 is 19.3 Å². The number of hydrogen-bond donors (Lipinski definition) is 3. The molecule has 0 amide bonds. The van der Waals surface area contributed by atoms with E-state index in [1.54, 1.807) is 4.08 Å². The van der Waals surface area contributed by atoms with Crippen LogP contribution >= 0.6 is 22.6 Å². The van der Waals surface area contributed by atoms with E-state index < -0.39 is 42.5 Å². The van der Waals surface area contributed by atoms with Gasteiger partial charge in [-0.05, 0) is 10.2 Å². The van der Waals surface area contributed by atoms with Gasteiger partial charge < -0.3 is 14.9 Å². The third-order valence-corrected chi connectivity index (χ3v) is 3.35. The first-order valence-electron chi connectivity index (χ1n) is 5.70. The maximum atomic E-state index is 13.9. The number of nitrogens with zero attached hydrogens (tertiary/aromatic N) is 1. The van der Waals surface area contributed by atoms with E-state index in [4.69, 9.17) is 9.84 Å². The molecule has 0 spiro atoms. The van der Waals surface area contributed by atoms with Crippen LogP contribution in [0.2, 0.25) is 0 Å². The first kappa shape index (κ1) is 15.4. The highest BCUT2D eigenvalue weighted by Gasteiger charge is 2.45. The summed E-state index contributed by atoms with van der Waals surface area (Å²) in [4.78, 5) is 25.3. The van der Waals surface area contributed by atoms with Gasteiger partial charge in [-0.2, -0.15) is 0 Å². The molecule has 1 aliphatic rings. The lowest BCUT2D eigenvalue weighted by Crippen LogP contribution is -2.36. The van der Waals surface area contributed by atoms with Crippen molar-refractivity contribution in [3.8, 4) is 0 Å². The number of halogens is 2. The Bertz CT molecular complexity index is 628. The predicted octanol–water partition coefficient (Wildman–Crippen LogP) is -0.469. The molecule has 4 unspecified atom stereocenters. The fourth-order valence-corrected chi connectivity index (χ4v) is 2.34. The van der Waals surface area contributed by atoms with Crippen molar-refractivity contribution in [2.24, 2.45) is 0 Å². The van der Waals surface area contributed by atoms with Crippen LogP contribution in [0.4, 0.5) is 4.39 Å². The molecule has 7 nitrogen and oxygen atoms in total. The fourth-order valence-electron chi connectivity index (χ4n) is 1.95. The number of ether oxygens (including phenoxy) is 1. The standard InChI is InChI=1S/C11H12FIN2O5/c12-7-8(17)6(4-16)20-10(7)15-3-5(1-2-13)9(18)14-11(15)19/h1-3,6-8,10,16-17H,4H2,(H,14,18,19)/b2-1+/i13+4. The van der Waals surface area contributed by atoms with Crippen LogP contribution in [0, 0.1) is 0 Å². The highest BCUT2D eigenvalue weighted by molar-refractivity contribution is 14.1. The van der Waals surface area contributed by atoms with Crippen molar-refractivity contribution in [2.75, 3.05) is 6.61 Å². The number of aliphatic hydroxyl groups excluding tert-OH is 2. The zero-order chi connectivity index (χ0) is 14.9. The highest BCUT2D eigenvalue weighted by Crippen LogP contribution is 2.30. The molecule has 1 fully saturated rings. The number of aromatic nitrogens is 2. The number of aliphatic hydroxyl groups is 2. The van der Waals surface area contributed by atoms with E-state index in [-0.39, 0.29) is 5.56 Å². The lowest BCUT2D eigenvalue weighted by molar-refractivity contribution is -0.0491. The van der Waals surface area contributed by atoms with Gasteiger partial charge in [-0.25, -0.2) is 9.18 Å². The van der Waals surface area contributed by atoms with Gasteiger partial charge in [-0.3, -0.25) is 14.3 Å². The van der Waals surface area contributed by atoms with Crippen LogP contribution in [0.15, 0.2) is 19.9 Å². The summed E-state index contributed by atoms with van der Waals surface area (Å²) in [6.07, 6.45) is -3.33. The Morgan fingerprint density at radius 3 is 2.80 bits per heavy atom. The van der Waals surface area contributed by atoms with E-state index in [2.05, 4.69) is 0 Å². The van der Waals surface area contributed by atoms with Crippen molar-refractivity contribution in [1.29, 1.82) is 0 Å². The Labute approximate surface area is 125 Å². The third kappa shape index (κ3) is 2.71. The summed E-state index contributed by atoms with van der Waals surface area (Å²) < 4.78 is 21.5. The molecule has 110 valence electrons. The summed E-state index contributed by atoms with van der Waals surface area (Å²) in [6, 6.07) is 0. The van der Waals surface area contributed by atoms with Crippen LogP contribution in [0.1, 0.15) is 11.8 Å². The molecule has 9 heteroatoms. The van der Waals surface area contributed by atoms with Crippen LogP contribution in [-0.4, -0.2) is 44.8 Å². The molecule has 1 aromatic rings. The average molecular weight is 402 g/mol. The van der Waals surface area contributed by atoms with Crippen molar-refractivity contribution in [1.82, 2.24) is 9.55 Å². The van der Waals surface area contributed by atoms with Crippen LogP contribution < -0.4 is 11.2 Å². The Kier molecular flexibility index (Phi) is 4.73. The third-order valence-electron chi connectivity index (χ3n) is 2.99. The Morgan fingerprint density at radius 1 is 1.55 bits per heavy atom. The quantitative estimate of drug-likeness (QED) is 0.594. The summed E-state index contributed by atoms with van der Waals surface area (Å²) >= 11 is 1.89. The number of nitrogens with one attached hydrogen (secondary N) is 1. The molecule has 3 N–H and O–H groups in total. The topological polar surface area (TPSA) is 105 Å². The first-order valence-corrected chi connectivity index (χ1v) is 6.95. The molecule has 0 radical (unpaired) electrons. The molecule has 1 saturated heterocycles. The van der Waals surface area contributed by atoms with Gasteiger partial charge in [0.25, 0.3) is 5.56 Å². The number of rotatable bonds is 3. The van der Waals surface area contributed by atoms with Crippen molar-refractivity contribution in [3.63, 3.8) is 0 Å². The van der Waals surface area contributed by atoms with Crippen molar-refractivity contribution in [3.05, 3.63) is 36.7 Å². The van der Waals surface area contributed by atoms with E-state index in [1.807, 2.05) is 27.6 Å². The van der Waals surface area contributed by atoms with Gasteiger partial charge in [0.05, 0.1) is 12.2 Å². The van der Waals surface area contributed by atoms with Gasteiger partial charge in [0.15, 0.2) is 12.4 Å². The number of H-pyrrole nitrogens is 1. The van der Waals surface area contributed by atoms with Crippen LogP contribution in [0.5, 0.6) is 0 Å². The Balaban J connectivity index is 2.46. The maximum absolute atomic E-state index is 13.9. The zero-order valence-corrected chi connectivity index (χ0v) is 12.2. The van der Waals surface area contributed by atoms with Gasteiger partial charge in [-0.15, -0.1) is 0 Å². The van der Waals surface area contributed by atoms with E-state index in [0.29, 0.717) is 0 Å². The molecule has 4 atom stereocenters. The molecule has 0 aliphatic carbocycles. The molecule has 0 aromatic carbocycles. The van der Waals surface area contributed by atoms with Crippen molar-refractivity contribution in [2.45, 2.75) is 24.6 Å². The Morgan fingerprint density at radius 2 is 2.25 bits per heavy atom. The minimum absolute atomic E-state index is 0.150. The molecular weight excluding hydrogens is 390 g/mol. The molecule has 0 saturated carbocycles. The van der Waals surface area contributed by atoms with Gasteiger partial charge in [0, 0.05) is 6.20 Å². The summed E-state index contributed by atoms with van der Waals surface area (Å²) in [7, 11) is 0. The van der Waals surface area contributed by atoms with E-state index >= 15 is 0 Å². The second kappa shape index (κ2) is 6.16. The number of hydrogen-bond acceptors (Lipinski definition) is 5.